The summed E-state index contributed by atoms with van der Waals surface area (Å²) in [6.07, 6.45) is 0. The highest BCUT2D eigenvalue weighted by Crippen LogP contribution is 2.11. The van der Waals surface area contributed by atoms with Crippen molar-refractivity contribution < 1.29 is 4.79 Å². The second kappa shape index (κ2) is 5.14. The lowest BCUT2D eigenvalue weighted by Crippen LogP contribution is -2.14. The van der Waals surface area contributed by atoms with Gasteiger partial charge in [0.15, 0.2) is 0 Å². The first-order valence-corrected chi connectivity index (χ1v) is 5.81. The van der Waals surface area contributed by atoms with Crippen LogP contribution in [0.1, 0.15) is 21.6 Å². The third kappa shape index (κ3) is 3.05. The van der Waals surface area contributed by atoms with Crippen molar-refractivity contribution in [1.29, 1.82) is 0 Å². The molecule has 18 heavy (non-hydrogen) atoms. The lowest BCUT2D eigenvalue weighted by atomic mass is 10.1. The summed E-state index contributed by atoms with van der Waals surface area (Å²) in [5, 5.41) is 2.93. The number of carbonyl (C=O) groups is 1. The Balaban J connectivity index is 2.21. The van der Waals surface area contributed by atoms with Crippen LogP contribution in [-0.2, 0) is 0 Å². The maximum Gasteiger partial charge on any atom is 0.258 e. The van der Waals surface area contributed by atoms with Gasteiger partial charge in [0.05, 0.1) is 0 Å². The van der Waals surface area contributed by atoms with Crippen LogP contribution < -0.4 is 5.32 Å². The summed E-state index contributed by atoms with van der Waals surface area (Å²) in [5.41, 5.74) is 2.29. The second-order valence-electron chi connectivity index (χ2n) is 3.98. The number of hydrogen-bond donors (Lipinski definition) is 1. The van der Waals surface area contributed by atoms with Crippen LogP contribution in [0.2, 0.25) is 5.15 Å². The molecule has 0 radical (unpaired) electrons. The van der Waals surface area contributed by atoms with E-state index >= 15 is 0 Å². The number of benzene rings is 1. The molecule has 5 heteroatoms. The molecule has 1 aromatic carbocycles. The molecule has 0 saturated heterocycles. The monoisotopic (exact) mass is 261 g/mol. The van der Waals surface area contributed by atoms with Gasteiger partial charge in [-0.15, -0.1) is 0 Å². The average Bonchev–Trinajstić information content (AvgIpc) is 2.27. The lowest BCUT2D eigenvalue weighted by Gasteiger charge is -2.05. The molecular formula is C13H12ClN3O. The quantitative estimate of drug-likeness (QED) is 0.846. The number of aryl methyl sites for hydroxylation is 2. The molecule has 0 aliphatic rings. The van der Waals surface area contributed by atoms with Crippen LogP contribution in [0.25, 0.3) is 0 Å². The number of nitrogens with zero attached hydrogens (tertiary/aromatic N) is 2. The van der Waals surface area contributed by atoms with E-state index in [0.717, 1.165) is 5.56 Å². The Kier molecular flexibility index (Phi) is 3.58. The molecule has 1 heterocycles. The fourth-order valence-corrected chi connectivity index (χ4v) is 1.78. The summed E-state index contributed by atoms with van der Waals surface area (Å²) < 4.78 is 0. The van der Waals surface area contributed by atoms with E-state index in [9.17, 15) is 4.79 Å². The Morgan fingerprint density at radius 3 is 2.67 bits per heavy atom. The van der Waals surface area contributed by atoms with E-state index in [2.05, 4.69) is 15.3 Å². The molecule has 0 aliphatic carbocycles. The Morgan fingerprint density at radius 1 is 1.22 bits per heavy atom. The van der Waals surface area contributed by atoms with E-state index < -0.39 is 0 Å². The molecule has 92 valence electrons. The van der Waals surface area contributed by atoms with Gasteiger partial charge in [0.1, 0.15) is 5.15 Å². The van der Waals surface area contributed by atoms with Crippen molar-refractivity contribution in [2.24, 2.45) is 0 Å². The maximum atomic E-state index is 12.0. The van der Waals surface area contributed by atoms with Crippen LogP contribution in [0.3, 0.4) is 0 Å². The zero-order valence-electron chi connectivity index (χ0n) is 10.1. The van der Waals surface area contributed by atoms with Crippen molar-refractivity contribution in [2.45, 2.75) is 13.8 Å². The predicted molar refractivity (Wildman–Crippen MR) is 70.9 cm³/mol. The van der Waals surface area contributed by atoms with E-state index in [4.69, 9.17) is 11.6 Å². The highest BCUT2D eigenvalue weighted by atomic mass is 35.5. The molecule has 1 N–H and O–H groups in total. The van der Waals surface area contributed by atoms with Crippen LogP contribution in [0, 0.1) is 13.8 Å². The minimum Gasteiger partial charge on any atom is -0.290 e. The van der Waals surface area contributed by atoms with E-state index in [1.165, 1.54) is 0 Å². The first-order valence-electron chi connectivity index (χ1n) is 5.44. The Morgan fingerprint density at radius 2 is 2.00 bits per heavy atom. The molecule has 2 rings (SSSR count). The van der Waals surface area contributed by atoms with Gasteiger partial charge in [-0.1, -0.05) is 29.3 Å². The summed E-state index contributed by atoms with van der Waals surface area (Å²) in [5.74, 6) is -0.0353. The molecule has 0 aliphatic heterocycles. The predicted octanol–water partition coefficient (Wildman–Crippen LogP) is 3.00. The first-order chi connectivity index (χ1) is 8.54. The third-order valence-corrected chi connectivity index (χ3v) is 2.52. The number of hydrogen-bond acceptors (Lipinski definition) is 3. The van der Waals surface area contributed by atoms with Crippen LogP contribution in [0.5, 0.6) is 0 Å². The number of halogens is 1. The Bertz CT molecular complexity index is 578. The summed E-state index contributed by atoms with van der Waals surface area (Å²) in [6, 6.07) is 8.92. The topological polar surface area (TPSA) is 54.9 Å². The zero-order valence-corrected chi connectivity index (χ0v) is 10.8. The fraction of sp³-hybridized carbons (Fsp3) is 0.154. The molecule has 1 aromatic heterocycles. The molecule has 0 fully saturated rings. The van der Waals surface area contributed by atoms with Crippen LogP contribution >= 0.6 is 11.6 Å². The first kappa shape index (κ1) is 12.5. The summed E-state index contributed by atoms with van der Waals surface area (Å²) >= 11 is 5.80. The zero-order chi connectivity index (χ0) is 13.1. The van der Waals surface area contributed by atoms with Crippen molar-refractivity contribution in [3.63, 3.8) is 0 Å². The minimum absolute atomic E-state index is 0.214. The van der Waals surface area contributed by atoms with E-state index in [0.29, 0.717) is 16.4 Å². The third-order valence-electron chi connectivity index (χ3n) is 2.33. The van der Waals surface area contributed by atoms with Crippen molar-refractivity contribution >= 4 is 23.5 Å². The number of rotatable bonds is 2. The van der Waals surface area contributed by atoms with Crippen molar-refractivity contribution in [2.75, 3.05) is 5.32 Å². The molecule has 2 aromatic rings. The Labute approximate surface area is 110 Å². The summed E-state index contributed by atoms with van der Waals surface area (Å²) in [4.78, 5) is 20.0. The smallest absolute Gasteiger partial charge is 0.258 e. The minimum atomic E-state index is -0.250. The molecule has 0 saturated carbocycles. The molecule has 0 spiro atoms. The van der Waals surface area contributed by atoms with Gasteiger partial charge in [0.2, 0.25) is 5.95 Å². The molecular weight excluding hydrogens is 250 g/mol. The summed E-state index contributed by atoms with van der Waals surface area (Å²) in [6.45, 7) is 3.71. The molecule has 4 nitrogen and oxygen atoms in total. The van der Waals surface area contributed by atoms with Gasteiger partial charge >= 0.3 is 0 Å². The van der Waals surface area contributed by atoms with Crippen LogP contribution in [-0.4, -0.2) is 15.9 Å². The summed E-state index contributed by atoms with van der Waals surface area (Å²) in [7, 11) is 0. The SMILES string of the molecule is Cc1cccc(C(=O)Nc2nc(C)cc(Cl)n2)c1. The number of aromatic nitrogens is 2. The van der Waals surface area contributed by atoms with Gasteiger partial charge in [-0.3, -0.25) is 10.1 Å². The average molecular weight is 262 g/mol. The van der Waals surface area contributed by atoms with Crippen LogP contribution in [0.4, 0.5) is 5.95 Å². The Hall–Kier alpha value is -1.94. The molecule has 0 unspecified atom stereocenters. The number of amides is 1. The second-order valence-corrected chi connectivity index (χ2v) is 4.37. The van der Waals surface area contributed by atoms with Crippen molar-refractivity contribution in [3.8, 4) is 0 Å². The number of nitrogens with one attached hydrogen (secondary N) is 1. The normalized spacial score (nSPS) is 10.2. The standard InChI is InChI=1S/C13H12ClN3O/c1-8-4-3-5-10(6-8)12(18)17-13-15-9(2)7-11(14)16-13/h3-7H,1-2H3,(H,15,16,17,18). The molecule has 0 bridgehead atoms. The van der Waals surface area contributed by atoms with Crippen molar-refractivity contribution in [3.05, 3.63) is 52.3 Å². The van der Waals surface area contributed by atoms with Gasteiger partial charge in [-0.25, -0.2) is 9.97 Å². The van der Waals surface area contributed by atoms with Gasteiger partial charge in [0.25, 0.3) is 5.91 Å². The van der Waals surface area contributed by atoms with Gasteiger partial charge in [-0.2, -0.15) is 0 Å². The maximum absolute atomic E-state index is 12.0. The fourth-order valence-electron chi connectivity index (χ4n) is 1.55. The van der Waals surface area contributed by atoms with E-state index in [-0.39, 0.29) is 11.9 Å². The van der Waals surface area contributed by atoms with Crippen molar-refractivity contribution in [1.82, 2.24) is 9.97 Å². The van der Waals surface area contributed by atoms with E-state index in [1.807, 2.05) is 19.1 Å². The van der Waals surface area contributed by atoms with Gasteiger partial charge in [-0.05, 0) is 32.0 Å². The highest BCUT2D eigenvalue weighted by Gasteiger charge is 2.08. The number of carbonyl (C=O) groups excluding carboxylic acids is 1. The largest absolute Gasteiger partial charge is 0.290 e. The number of anilines is 1. The molecule has 1 amide bonds. The highest BCUT2D eigenvalue weighted by molar-refractivity contribution is 6.29. The molecule has 0 atom stereocenters. The lowest BCUT2D eigenvalue weighted by molar-refractivity contribution is 0.102. The van der Waals surface area contributed by atoms with Gasteiger partial charge < -0.3 is 0 Å². The van der Waals surface area contributed by atoms with Gasteiger partial charge in [0, 0.05) is 11.3 Å². The van der Waals surface area contributed by atoms with Crippen LogP contribution in [0.15, 0.2) is 30.3 Å². The van der Waals surface area contributed by atoms with E-state index in [1.54, 1.807) is 25.1 Å².